The first-order valence-corrected chi connectivity index (χ1v) is 9.01. The Hall–Kier alpha value is -1.93. The van der Waals surface area contributed by atoms with Crippen molar-refractivity contribution >= 4 is 22.4 Å². The Morgan fingerprint density at radius 3 is 3.17 bits per heavy atom. The second kappa shape index (κ2) is 6.52. The normalized spacial score (nSPS) is 26.4. The van der Waals surface area contributed by atoms with Crippen LogP contribution in [-0.4, -0.2) is 41.4 Å². The van der Waals surface area contributed by atoms with Crippen molar-refractivity contribution < 1.29 is 13.9 Å². The summed E-state index contributed by atoms with van der Waals surface area (Å²) >= 11 is 1.57. The van der Waals surface area contributed by atoms with Crippen LogP contribution in [0.4, 0.5) is 5.13 Å². The lowest BCUT2D eigenvalue weighted by Gasteiger charge is -2.39. The summed E-state index contributed by atoms with van der Waals surface area (Å²) in [7, 11) is 0. The van der Waals surface area contributed by atoms with Crippen molar-refractivity contribution in [3.63, 3.8) is 0 Å². The van der Waals surface area contributed by atoms with Crippen LogP contribution in [0.15, 0.2) is 22.8 Å². The van der Waals surface area contributed by atoms with E-state index in [9.17, 15) is 4.79 Å². The molecule has 2 aliphatic rings. The van der Waals surface area contributed by atoms with Gasteiger partial charge >= 0.3 is 0 Å². The molecule has 2 aliphatic heterocycles. The number of aromatic nitrogens is 2. The van der Waals surface area contributed by atoms with Crippen molar-refractivity contribution in [2.75, 3.05) is 18.1 Å². The number of nitrogens with zero attached hydrogens (tertiary/aromatic N) is 3. The molecule has 24 heavy (non-hydrogen) atoms. The first-order valence-electron chi connectivity index (χ1n) is 8.19. The number of amides is 1. The third-order valence-corrected chi connectivity index (χ3v) is 5.53. The van der Waals surface area contributed by atoms with Gasteiger partial charge in [-0.2, -0.15) is 0 Å². The van der Waals surface area contributed by atoms with Gasteiger partial charge in [0.25, 0.3) is 0 Å². The Balaban J connectivity index is 1.46. The maximum atomic E-state index is 12.6. The molecule has 2 aromatic heterocycles. The molecule has 7 nitrogen and oxygen atoms in total. The minimum Gasteiger partial charge on any atom is -0.467 e. The first kappa shape index (κ1) is 15.6. The minimum absolute atomic E-state index is 0.0339. The van der Waals surface area contributed by atoms with E-state index in [1.54, 1.807) is 17.6 Å². The molecule has 1 N–H and O–H groups in total. The molecule has 8 heteroatoms. The van der Waals surface area contributed by atoms with E-state index in [1.165, 1.54) is 0 Å². The lowest BCUT2D eigenvalue weighted by molar-refractivity contribution is -0.126. The molecule has 2 saturated heterocycles. The second-order valence-corrected chi connectivity index (χ2v) is 7.41. The molecular formula is C16H20N4O3S. The van der Waals surface area contributed by atoms with E-state index in [2.05, 4.69) is 20.4 Å². The van der Waals surface area contributed by atoms with Gasteiger partial charge in [0.2, 0.25) is 11.0 Å². The number of rotatable bonds is 4. The van der Waals surface area contributed by atoms with Crippen LogP contribution in [0, 0.1) is 12.8 Å². The van der Waals surface area contributed by atoms with Crippen LogP contribution in [0.5, 0.6) is 0 Å². The van der Waals surface area contributed by atoms with Crippen molar-refractivity contribution in [2.24, 2.45) is 5.92 Å². The molecule has 1 amide bonds. The molecule has 0 saturated carbocycles. The van der Waals surface area contributed by atoms with E-state index in [0.717, 1.165) is 35.3 Å². The average Bonchev–Trinajstić information content (AvgIpc) is 3.32. The molecule has 4 heterocycles. The number of anilines is 1. The van der Waals surface area contributed by atoms with E-state index in [4.69, 9.17) is 9.15 Å². The SMILES string of the molecule is Cc1nnc(N2C[C@H](C(=O)NCc3ccco3)C[C@H]3OCC[C@H]32)s1. The highest BCUT2D eigenvalue weighted by atomic mass is 32.1. The van der Waals surface area contributed by atoms with Crippen molar-refractivity contribution in [3.05, 3.63) is 29.2 Å². The summed E-state index contributed by atoms with van der Waals surface area (Å²) in [5.41, 5.74) is 0. The molecule has 0 unspecified atom stereocenters. The predicted octanol–water partition coefficient (Wildman–Crippen LogP) is 1.74. The van der Waals surface area contributed by atoms with Gasteiger partial charge in [0.05, 0.1) is 30.9 Å². The van der Waals surface area contributed by atoms with E-state index < -0.39 is 0 Å². The zero-order chi connectivity index (χ0) is 16.5. The van der Waals surface area contributed by atoms with Crippen LogP contribution in [0.25, 0.3) is 0 Å². The summed E-state index contributed by atoms with van der Waals surface area (Å²) in [6.45, 7) is 3.75. The van der Waals surface area contributed by atoms with Gasteiger partial charge in [-0.15, -0.1) is 10.2 Å². The highest BCUT2D eigenvalue weighted by Crippen LogP contribution is 2.35. The van der Waals surface area contributed by atoms with Gasteiger partial charge in [0.15, 0.2) is 0 Å². The topological polar surface area (TPSA) is 80.5 Å². The minimum atomic E-state index is -0.122. The largest absolute Gasteiger partial charge is 0.467 e. The smallest absolute Gasteiger partial charge is 0.225 e. The fourth-order valence-corrected chi connectivity index (χ4v) is 4.25. The third-order valence-electron chi connectivity index (χ3n) is 4.66. The number of furan rings is 1. The number of ether oxygens (including phenoxy) is 1. The molecule has 128 valence electrons. The molecule has 3 atom stereocenters. The van der Waals surface area contributed by atoms with E-state index in [1.807, 2.05) is 19.1 Å². The Labute approximate surface area is 144 Å². The number of hydrogen-bond donors (Lipinski definition) is 1. The number of hydrogen-bond acceptors (Lipinski definition) is 7. The monoisotopic (exact) mass is 348 g/mol. The summed E-state index contributed by atoms with van der Waals surface area (Å²) < 4.78 is 11.1. The zero-order valence-corrected chi connectivity index (χ0v) is 14.3. The molecule has 2 aromatic rings. The maximum Gasteiger partial charge on any atom is 0.225 e. The van der Waals surface area contributed by atoms with Gasteiger partial charge in [-0.3, -0.25) is 4.79 Å². The van der Waals surface area contributed by atoms with Crippen LogP contribution >= 0.6 is 11.3 Å². The predicted molar refractivity (Wildman–Crippen MR) is 88.8 cm³/mol. The molecule has 0 aliphatic carbocycles. The molecular weight excluding hydrogens is 328 g/mol. The highest BCUT2D eigenvalue weighted by molar-refractivity contribution is 7.15. The molecule has 4 rings (SSSR count). The summed E-state index contributed by atoms with van der Waals surface area (Å²) in [4.78, 5) is 14.8. The summed E-state index contributed by atoms with van der Waals surface area (Å²) in [5.74, 6) is 0.667. The summed E-state index contributed by atoms with van der Waals surface area (Å²) in [6, 6.07) is 3.97. The van der Waals surface area contributed by atoms with Crippen molar-refractivity contribution in [3.8, 4) is 0 Å². The van der Waals surface area contributed by atoms with Crippen LogP contribution in [0.3, 0.4) is 0 Å². The van der Waals surface area contributed by atoms with E-state index in [-0.39, 0.29) is 17.9 Å². The van der Waals surface area contributed by atoms with Gasteiger partial charge in [0.1, 0.15) is 10.8 Å². The number of carbonyl (C=O) groups is 1. The fourth-order valence-electron chi connectivity index (χ4n) is 3.49. The Bertz CT molecular complexity index is 702. The fraction of sp³-hybridized carbons (Fsp3) is 0.562. The maximum absolute atomic E-state index is 12.6. The second-order valence-electron chi connectivity index (χ2n) is 6.25. The number of aryl methyl sites for hydroxylation is 1. The van der Waals surface area contributed by atoms with Gasteiger partial charge < -0.3 is 19.4 Å². The van der Waals surface area contributed by atoms with Crippen molar-refractivity contribution in [1.82, 2.24) is 15.5 Å². The standard InChI is InChI=1S/C16H20N4O3S/c1-10-18-19-16(24-10)20-9-11(7-14-13(20)4-6-23-14)15(21)17-8-12-3-2-5-22-12/h2-3,5,11,13-14H,4,6-9H2,1H3,(H,17,21)/t11-,13-,14-/m1/s1. The average molecular weight is 348 g/mol. The number of carbonyl (C=O) groups excluding carboxylic acids is 1. The Kier molecular flexibility index (Phi) is 4.24. The third kappa shape index (κ3) is 3.03. The number of nitrogens with one attached hydrogen (secondary N) is 1. The van der Waals surface area contributed by atoms with Gasteiger partial charge in [-0.1, -0.05) is 11.3 Å². The number of piperidine rings is 1. The quantitative estimate of drug-likeness (QED) is 0.906. The Morgan fingerprint density at radius 2 is 2.42 bits per heavy atom. The molecule has 0 radical (unpaired) electrons. The van der Waals surface area contributed by atoms with Gasteiger partial charge in [-0.25, -0.2) is 0 Å². The van der Waals surface area contributed by atoms with Crippen LogP contribution in [-0.2, 0) is 16.1 Å². The molecule has 0 bridgehead atoms. The summed E-state index contributed by atoms with van der Waals surface area (Å²) in [5, 5.41) is 13.2. The van der Waals surface area contributed by atoms with Crippen LogP contribution in [0.1, 0.15) is 23.6 Å². The van der Waals surface area contributed by atoms with Gasteiger partial charge in [0, 0.05) is 13.2 Å². The number of fused-ring (bicyclic) bond motifs is 1. The van der Waals surface area contributed by atoms with Gasteiger partial charge in [-0.05, 0) is 31.9 Å². The molecule has 0 spiro atoms. The highest BCUT2D eigenvalue weighted by Gasteiger charge is 2.43. The van der Waals surface area contributed by atoms with Crippen LogP contribution < -0.4 is 10.2 Å². The lowest BCUT2D eigenvalue weighted by Crippen LogP contribution is -2.53. The van der Waals surface area contributed by atoms with Crippen molar-refractivity contribution in [1.29, 1.82) is 0 Å². The lowest BCUT2D eigenvalue weighted by atomic mass is 9.90. The molecule has 2 fully saturated rings. The first-order chi connectivity index (χ1) is 11.7. The van der Waals surface area contributed by atoms with E-state index >= 15 is 0 Å². The van der Waals surface area contributed by atoms with E-state index in [0.29, 0.717) is 19.1 Å². The summed E-state index contributed by atoms with van der Waals surface area (Å²) in [6.07, 6.45) is 3.42. The van der Waals surface area contributed by atoms with Crippen molar-refractivity contribution in [2.45, 2.75) is 38.5 Å². The zero-order valence-electron chi connectivity index (χ0n) is 13.5. The van der Waals surface area contributed by atoms with Crippen LogP contribution in [0.2, 0.25) is 0 Å². The Morgan fingerprint density at radius 1 is 1.50 bits per heavy atom. The molecule has 0 aromatic carbocycles.